The fourth-order valence-electron chi connectivity index (χ4n) is 1.76. The molecule has 0 aliphatic heterocycles. The van der Waals surface area contributed by atoms with Gasteiger partial charge in [-0.1, -0.05) is 34.6 Å². The van der Waals surface area contributed by atoms with E-state index in [1.165, 1.54) is 0 Å². The normalized spacial score (nSPS) is 11.3. The van der Waals surface area contributed by atoms with Crippen molar-refractivity contribution in [2.45, 2.75) is 60.3 Å². The van der Waals surface area contributed by atoms with Crippen LogP contribution < -0.4 is 16.0 Å². The summed E-state index contributed by atoms with van der Waals surface area (Å²) in [5.41, 5.74) is 0.0390. The Morgan fingerprint density at radius 2 is 1.48 bits per heavy atom. The molecule has 0 unspecified atom stereocenters. The summed E-state index contributed by atoms with van der Waals surface area (Å²) in [4.78, 5) is 23.0. The highest BCUT2D eigenvalue weighted by Crippen LogP contribution is 2.17. The van der Waals surface area contributed by atoms with Gasteiger partial charge in [-0.05, 0) is 30.6 Å². The number of urea groups is 1. The van der Waals surface area contributed by atoms with E-state index < -0.39 is 0 Å². The van der Waals surface area contributed by atoms with Gasteiger partial charge in [0.2, 0.25) is 5.91 Å². The predicted molar refractivity (Wildman–Crippen MR) is 87.2 cm³/mol. The van der Waals surface area contributed by atoms with Crippen LogP contribution in [-0.4, -0.2) is 31.6 Å². The van der Waals surface area contributed by atoms with Crippen LogP contribution >= 0.6 is 0 Å². The zero-order chi connectivity index (χ0) is 16.3. The maximum Gasteiger partial charge on any atom is 0.314 e. The summed E-state index contributed by atoms with van der Waals surface area (Å²) < 4.78 is 0. The second-order valence-electron chi connectivity index (χ2n) is 7.18. The molecule has 0 rings (SSSR count). The van der Waals surface area contributed by atoms with Crippen LogP contribution in [0, 0.1) is 11.3 Å². The fourth-order valence-corrected chi connectivity index (χ4v) is 1.76. The molecule has 0 spiro atoms. The van der Waals surface area contributed by atoms with E-state index in [2.05, 4.69) is 50.6 Å². The number of hydrogen-bond acceptors (Lipinski definition) is 2. The minimum absolute atomic E-state index is 0.0390. The molecule has 0 saturated carbocycles. The first-order valence-corrected chi connectivity index (χ1v) is 7.99. The van der Waals surface area contributed by atoms with Gasteiger partial charge < -0.3 is 16.0 Å². The van der Waals surface area contributed by atoms with E-state index in [1.807, 2.05) is 0 Å². The first-order chi connectivity index (χ1) is 9.70. The van der Waals surface area contributed by atoms with Crippen molar-refractivity contribution in [1.82, 2.24) is 16.0 Å². The first kappa shape index (κ1) is 19.7. The maximum atomic E-state index is 11.6. The van der Waals surface area contributed by atoms with Crippen molar-refractivity contribution in [1.29, 1.82) is 0 Å². The van der Waals surface area contributed by atoms with Gasteiger partial charge in [-0.25, -0.2) is 4.79 Å². The summed E-state index contributed by atoms with van der Waals surface area (Å²) in [5.74, 6) is 0.584. The third-order valence-electron chi connectivity index (χ3n) is 2.82. The quantitative estimate of drug-likeness (QED) is 0.573. The molecule has 0 bridgehead atoms. The van der Waals surface area contributed by atoms with Crippen LogP contribution in [0.3, 0.4) is 0 Å². The van der Waals surface area contributed by atoms with Gasteiger partial charge in [-0.3, -0.25) is 4.79 Å². The Balaban J connectivity index is 3.40. The molecule has 0 aromatic carbocycles. The van der Waals surface area contributed by atoms with Gasteiger partial charge in [-0.2, -0.15) is 0 Å². The second kappa shape index (κ2) is 10.5. The van der Waals surface area contributed by atoms with Gasteiger partial charge >= 0.3 is 6.03 Å². The Labute approximate surface area is 129 Å². The van der Waals surface area contributed by atoms with Crippen molar-refractivity contribution in [3.63, 3.8) is 0 Å². The van der Waals surface area contributed by atoms with E-state index in [1.54, 1.807) is 0 Å². The van der Waals surface area contributed by atoms with Crippen molar-refractivity contribution in [3.05, 3.63) is 0 Å². The molecule has 0 heterocycles. The molecule has 124 valence electrons. The molecule has 0 aliphatic carbocycles. The highest BCUT2D eigenvalue weighted by Gasteiger charge is 2.15. The van der Waals surface area contributed by atoms with Crippen molar-refractivity contribution in [2.75, 3.05) is 19.6 Å². The molecule has 3 amide bonds. The van der Waals surface area contributed by atoms with E-state index in [9.17, 15) is 9.59 Å². The molecule has 5 nitrogen and oxygen atoms in total. The number of hydrogen-bond donors (Lipinski definition) is 3. The molecular weight excluding hydrogens is 266 g/mol. The molecule has 0 saturated heterocycles. The molecule has 0 aromatic heterocycles. The van der Waals surface area contributed by atoms with Crippen LogP contribution in [0.1, 0.15) is 60.3 Å². The number of carbonyl (C=O) groups is 2. The summed E-state index contributed by atoms with van der Waals surface area (Å²) in [7, 11) is 0. The molecular formula is C16H33N3O2. The lowest BCUT2D eigenvalue weighted by molar-refractivity contribution is -0.122. The molecule has 0 atom stereocenters. The van der Waals surface area contributed by atoms with Gasteiger partial charge in [0.15, 0.2) is 0 Å². The lowest BCUT2D eigenvalue weighted by Crippen LogP contribution is -2.37. The van der Waals surface area contributed by atoms with E-state index in [-0.39, 0.29) is 17.4 Å². The van der Waals surface area contributed by atoms with Crippen molar-refractivity contribution in [2.24, 2.45) is 11.3 Å². The largest absolute Gasteiger partial charge is 0.356 e. The Hall–Kier alpha value is -1.26. The summed E-state index contributed by atoms with van der Waals surface area (Å²) in [5, 5.41) is 8.58. The van der Waals surface area contributed by atoms with Gasteiger partial charge in [0.25, 0.3) is 0 Å². The van der Waals surface area contributed by atoms with Crippen LogP contribution in [0.25, 0.3) is 0 Å². The molecule has 0 radical (unpaired) electrons. The summed E-state index contributed by atoms with van der Waals surface area (Å²) in [6.45, 7) is 12.4. The van der Waals surface area contributed by atoms with Crippen LogP contribution in [0.5, 0.6) is 0 Å². The maximum absolute atomic E-state index is 11.6. The standard InChI is InChI=1S/C16H33N3O2/c1-13(2)12-19-15(21)18-10-8-6-7-9-17-14(20)11-16(3,4)5/h13H,6-12H2,1-5H3,(H,17,20)(H2,18,19,21). The second-order valence-corrected chi connectivity index (χ2v) is 7.18. The van der Waals surface area contributed by atoms with E-state index in [0.717, 1.165) is 19.3 Å². The van der Waals surface area contributed by atoms with Crippen molar-refractivity contribution < 1.29 is 9.59 Å². The van der Waals surface area contributed by atoms with Crippen molar-refractivity contribution >= 4 is 11.9 Å². The lowest BCUT2D eigenvalue weighted by Gasteiger charge is -2.17. The van der Waals surface area contributed by atoms with E-state index in [4.69, 9.17) is 0 Å². The number of rotatable bonds is 9. The van der Waals surface area contributed by atoms with Gasteiger partial charge in [0, 0.05) is 26.1 Å². The topological polar surface area (TPSA) is 70.2 Å². The monoisotopic (exact) mass is 299 g/mol. The van der Waals surface area contributed by atoms with E-state index >= 15 is 0 Å². The Morgan fingerprint density at radius 3 is 2.00 bits per heavy atom. The number of unbranched alkanes of at least 4 members (excludes halogenated alkanes) is 2. The highest BCUT2D eigenvalue weighted by molar-refractivity contribution is 5.76. The summed E-state index contributed by atoms with van der Waals surface area (Å²) in [6, 6.07) is -0.0952. The lowest BCUT2D eigenvalue weighted by atomic mass is 9.92. The molecule has 0 aromatic rings. The molecule has 3 N–H and O–H groups in total. The third kappa shape index (κ3) is 15.0. The fraction of sp³-hybridized carbons (Fsp3) is 0.875. The van der Waals surface area contributed by atoms with Crippen LogP contribution in [0.4, 0.5) is 4.79 Å². The molecule has 0 fully saturated rings. The average Bonchev–Trinajstić information content (AvgIpc) is 2.33. The van der Waals surface area contributed by atoms with Gasteiger partial charge in [0.1, 0.15) is 0 Å². The van der Waals surface area contributed by atoms with Gasteiger partial charge in [-0.15, -0.1) is 0 Å². The summed E-state index contributed by atoms with van der Waals surface area (Å²) >= 11 is 0. The summed E-state index contributed by atoms with van der Waals surface area (Å²) in [6.07, 6.45) is 3.44. The van der Waals surface area contributed by atoms with Crippen LogP contribution in [-0.2, 0) is 4.79 Å². The SMILES string of the molecule is CC(C)CNC(=O)NCCCCCNC(=O)CC(C)(C)C. The average molecular weight is 299 g/mol. The Morgan fingerprint density at radius 1 is 0.905 bits per heavy atom. The Kier molecular flexibility index (Phi) is 9.84. The van der Waals surface area contributed by atoms with Crippen LogP contribution in [0.2, 0.25) is 0 Å². The molecule has 21 heavy (non-hydrogen) atoms. The Bertz CT molecular complexity index is 309. The highest BCUT2D eigenvalue weighted by atomic mass is 16.2. The predicted octanol–water partition coefficient (Wildman–Crippen LogP) is 2.66. The zero-order valence-corrected chi connectivity index (χ0v) is 14.3. The molecule has 5 heteroatoms. The number of amides is 3. The minimum Gasteiger partial charge on any atom is -0.356 e. The zero-order valence-electron chi connectivity index (χ0n) is 14.3. The van der Waals surface area contributed by atoms with Crippen LogP contribution in [0.15, 0.2) is 0 Å². The van der Waals surface area contributed by atoms with E-state index in [0.29, 0.717) is 32.0 Å². The first-order valence-electron chi connectivity index (χ1n) is 7.99. The van der Waals surface area contributed by atoms with Gasteiger partial charge in [0.05, 0.1) is 0 Å². The van der Waals surface area contributed by atoms with Crippen molar-refractivity contribution in [3.8, 4) is 0 Å². The third-order valence-corrected chi connectivity index (χ3v) is 2.82. The minimum atomic E-state index is -0.0952. The number of nitrogens with one attached hydrogen (secondary N) is 3. The molecule has 0 aliphatic rings. The number of carbonyl (C=O) groups excluding carboxylic acids is 2. The smallest absolute Gasteiger partial charge is 0.314 e.